The third-order valence-corrected chi connectivity index (χ3v) is 3.17. The van der Waals surface area contributed by atoms with Crippen LogP contribution in [0.15, 0.2) is 48.8 Å². The monoisotopic (exact) mass is 268 g/mol. The average molecular weight is 268 g/mol. The number of nitro groups is 1. The van der Waals surface area contributed by atoms with Crippen LogP contribution in [0.2, 0.25) is 0 Å². The SMILES string of the molecule is Nc1ccc(Cn2cnc3ccccc32)cc1[N+](=O)[O-]. The maximum atomic E-state index is 10.9. The maximum absolute atomic E-state index is 10.9. The molecule has 0 aliphatic heterocycles. The molecule has 0 spiro atoms. The summed E-state index contributed by atoms with van der Waals surface area (Å²) in [6.45, 7) is 0.516. The van der Waals surface area contributed by atoms with Crippen molar-refractivity contribution in [2.75, 3.05) is 5.73 Å². The molecular formula is C14H12N4O2. The zero-order valence-electron chi connectivity index (χ0n) is 10.6. The highest BCUT2D eigenvalue weighted by Gasteiger charge is 2.12. The number of imidazole rings is 1. The number of para-hydroxylation sites is 2. The molecule has 0 saturated heterocycles. The lowest BCUT2D eigenvalue weighted by molar-refractivity contribution is -0.384. The molecule has 0 bridgehead atoms. The zero-order chi connectivity index (χ0) is 14.1. The van der Waals surface area contributed by atoms with Crippen LogP contribution in [0.4, 0.5) is 11.4 Å². The summed E-state index contributed by atoms with van der Waals surface area (Å²) in [6, 6.07) is 12.6. The average Bonchev–Trinajstić information content (AvgIpc) is 2.84. The Morgan fingerprint density at radius 2 is 2.05 bits per heavy atom. The maximum Gasteiger partial charge on any atom is 0.292 e. The van der Waals surface area contributed by atoms with E-state index >= 15 is 0 Å². The van der Waals surface area contributed by atoms with Gasteiger partial charge in [0.1, 0.15) is 5.69 Å². The molecule has 2 aromatic carbocycles. The Labute approximate surface area is 114 Å². The van der Waals surface area contributed by atoms with Crippen LogP contribution in [0, 0.1) is 10.1 Å². The first kappa shape index (κ1) is 12.2. The number of nitro benzene ring substituents is 1. The molecule has 0 fully saturated rings. The lowest BCUT2D eigenvalue weighted by atomic mass is 10.1. The molecule has 3 aromatic rings. The fourth-order valence-corrected chi connectivity index (χ4v) is 2.18. The van der Waals surface area contributed by atoms with Crippen molar-refractivity contribution in [3.63, 3.8) is 0 Å². The zero-order valence-corrected chi connectivity index (χ0v) is 10.6. The molecule has 1 heterocycles. The molecule has 0 saturated carbocycles. The van der Waals surface area contributed by atoms with Crippen molar-refractivity contribution in [3.8, 4) is 0 Å². The third-order valence-electron chi connectivity index (χ3n) is 3.17. The van der Waals surface area contributed by atoms with Gasteiger partial charge in [-0.05, 0) is 23.8 Å². The Balaban J connectivity index is 1.99. The van der Waals surface area contributed by atoms with Gasteiger partial charge in [0, 0.05) is 12.6 Å². The lowest BCUT2D eigenvalue weighted by Gasteiger charge is -2.05. The standard InChI is InChI=1S/C14H12N4O2/c15-11-6-5-10(7-14(11)18(19)20)8-17-9-16-12-3-1-2-4-13(12)17/h1-7,9H,8,15H2. The van der Waals surface area contributed by atoms with E-state index in [0.717, 1.165) is 16.6 Å². The molecule has 6 nitrogen and oxygen atoms in total. The second-order valence-corrected chi connectivity index (χ2v) is 4.51. The molecule has 0 atom stereocenters. The summed E-state index contributed by atoms with van der Waals surface area (Å²) in [4.78, 5) is 14.7. The quantitative estimate of drug-likeness (QED) is 0.449. The minimum Gasteiger partial charge on any atom is -0.393 e. The van der Waals surface area contributed by atoms with Crippen LogP contribution in [0.25, 0.3) is 11.0 Å². The molecule has 6 heteroatoms. The van der Waals surface area contributed by atoms with Crippen LogP contribution in [0.1, 0.15) is 5.56 Å². The molecule has 0 aliphatic rings. The van der Waals surface area contributed by atoms with Crippen LogP contribution in [0.5, 0.6) is 0 Å². The van der Waals surface area contributed by atoms with E-state index < -0.39 is 4.92 Å². The molecule has 0 amide bonds. The first-order chi connectivity index (χ1) is 9.65. The molecule has 0 radical (unpaired) electrons. The predicted octanol–water partition coefficient (Wildman–Crippen LogP) is 2.58. The number of nitrogens with two attached hydrogens (primary N) is 1. The number of rotatable bonds is 3. The number of anilines is 1. The smallest absolute Gasteiger partial charge is 0.292 e. The summed E-state index contributed by atoms with van der Waals surface area (Å²) in [7, 11) is 0. The third kappa shape index (κ3) is 2.07. The number of nitrogen functional groups attached to an aromatic ring is 1. The first-order valence-electron chi connectivity index (χ1n) is 6.08. The number of fused-ring (bicyclic) bond motifs is 1. The predicted molar refractivity (Wildman–Crippen MR) is 76.3 cm³/mol. The largest absolute Gasteiger partial charge is 0.393 e. The number of nitrogens with zero attached hydrogens (tertiary/aromatic N) is 3. The van der Waals surface area contributed by atoms with Gasteiger partial charge in [-0.15, -0.1) is 0 Å². The topological polar surface area (TPSA) is 87.0 Å². The van der Waals surface area contributed by atoms with Gasteiger partial charge < -0.3 is 10.3 Å². The van der Waals surface area contributed by atoms with E-state index in [1.807, 2.05) is 28.8 Å². The number of aromatic nitrogens is 2. The second kappa shape index (κ2) is 4.65. The van der Waals surface area contributed by atoms with Gasteiger partial charge in [-0.2, -0.15) is 0 Å². The van der Waals surface area contributed by atoms with Crippen LogP contribution in [-0.4, -0.2) is 14.5 Å². The van der Waals surface area contributed by atoms with Crippen LogP contribution in [-0.2, 0) is 6.54 Å². The Kier molecular flexibility index (Phi) is 2.83. The molecule has 0 unspecified atom stereocenters. The van der Waals surface area contributed by atoms with Crippen LogP contribution >= 0.6 is 0 Å². The van der Waals surface area contributed by atoms with Gasteiger partial charge in [-0.1, -0.05) is 18.2 Å². The summed E-state index contributed by atoms with van der Waals surface area (Å²) in [5, 5.41) is 10.9. The van der Waals surface area contributed by atoms with Crippen LogP contribution in [0.3, 0.4) is 0 Å². The first-order valence-corrected chi connectivity index (χ1v) is 6.08. The Hall–Kier alpha value is -2.89. The summed E-state index contributed by atoms with van der Waals surface area (Å²) < 4.78 is 1.95. The Morgan fingerprint density at radius 3 is 2.85 bits per heavy atom. The van der Waals surface area contributed by atoms with E-state index in [-0.39, 0.29) is 11.4 Å². The van der Waals surface area contributed by atoms with E-state index in [2.05, 4.69) is 4.98 Å². The van der Waals surface area contributed by atoms with E-state index in [9.17, 15) is 10.1 Å². The Bertz CT molecular complexity index is 795. The van der Waals surface area contributed by atoms with Crippen molar-refractivity contribution < 1.29 is 4.92 Å². The van der Waals surface area contributed by atoms with Crippen molar-refractivity contribution in [1.29, 1.82) is 0 Å². The van der Waals surface area contributed by atoms with Crippen molar-refractivity contribution in [2.24, 2.45) is 0 Å². The van der Waals surface area contributed by atoms with E-state index in [1.54, 1.807) is 18.5 Å². The normalized spacial score (nSPS) is 10.8. The summed E-state index contributed by atoms with van der Waals surface area (Å²) in [5.41, 5.74) is 8.41. The highest BCUT2D eigenvalue weighted by atomic mass is 16.6. The minimum absolute atomic E-state index is 0.0630. The fraction of sp³-hybridized carbons (Fsp3) is 0.0714. The number of benzene rings is 2. The second-order valence-electron chi connectivity index (χ2n) is 4.51. The fourth-order valence-electron chi connectivity index (χ4n) is 2.18. The summed E-state index contributed by atoms with van der Waals surface area (Å²) in [6.07, 6.45) is 1.73. The highest BCUT2D eigenvalue weighted by Crippen LogP contribution is 2.23. The minimum atomic E-state index is -0.467. The van der Waals surface area contributed by atoms with Gasteiger partial charge in [-0.3, -0.25) is 10.1 Å². The molecular weight excluding hydrogens is 256 g/mol. The van der Waals surface area contributed by atoms with Gasteiger partial charge in [0.25, 0.3) is 5.69 Å². The van der Waals surface area contributed by atoms with Crippen molar-refractivity contribution >= 4 is 22.4 Å². The van der Waals surface area contributed by atoms with Gasteiger partial charge in [0.05, 0.1) is 22.3 Å². The molecule has 2 N–H and O–H groups in total. The van der Waals surface area contributed by atoms with Crippen molar-refractivity contribution in [3.05, 3.63) is 64.5 Å². The van der Waals surface area contributed by atoms with Gasteiger partial charge in [0.2, 0.25) is 0 Å². The molecule has 3 rings (SSSR count). The van der Waals surface area contributed by atoms with E-state index in [0.29, 0.717) is 6.54 Å². The van der Waals surface area contributed by atoms with Crippen molar-refractivity contribution in [1.82, 2.24) is 9.55 Å². The molecule has 20 heavy (non-hydrogen) atoms. The van der Waals surface area contributed by atoms with Crippen molar-refractivity contribution in [2.45, 2.75) is 6.54 Å². The molecule has 1 aromatic heterocycles. The molecule has 100 valence electrons. The van der Waals surface area contributed by atoms with Gasteiger partial charge in [0.15, 0.2) is 0 Å². The van der Waals surface area contributed by atoms with Crippen LogP contribution < -0.4 is 5.73 Å². The summed E-state index contributed by atoms with van der Waals surface area (Å²) >= 11 is 0. The molecule has 0 aliphatic carbocycles. The Morgan fingerprint density at radius 1 is 1.25 bits per heavy atom. The lowest BCUT2D eigenvalue weighted by Crippen LogP contribution is -2.01. The van der Waals surface area contributed by atoms with E-state index in [1.165, 1.54) is 6.07 Å². The highest BCUT2D eigenvalue weighted by molar-refractivity contribution is 5.75. The number of hydrogen-bond acceptors (Lipinski definition) is 4. The van der Waals surface area contributed by atoms with Gasteiger partial charge in [-0.25, -0.2) is 4.98 Å². The summed E-state index contributed by atoms with van der Waals surface area (Å²) in [5.74, 6) is 0. The number of hydrogen-bond donors (Lipinski definition) is 1. The van der Waals surface area contributed by atoms with Gasteiger partial charge >= 0.3 is 0 Å². The van der Waals surface area contributed by atoms with E-state index in [4.69, 9.17) is 5.73 Å².